The lowest BCUT2D eigenvalue weighted by Gasteiger charge is -1.97. The minimum Gasteiger partial charge on any atom is -0.292 e. The minimum absolute atomic E-state index is 0.133. The second-order valence-corrected chi connectivity index (χ2v) is 1.81. The summed E-state index contributed by atoms with van der Waals surface area (Å²) in [5.74, 6) is -0.133. The van der Waals surface area contributed by atoms with Crippen LogP contribution in [-0.4, -0.2) is 11.9 Å². The molecule has 0 aromatic rings. The maximum atomic E-state index is 10.8. The van der Waals surface area contributed by atoms with Gasteiger partial charge < -0.3 is 0 Å². The molecule has 1 rings (SSSR count). The molecule has 0 spiro atoms. The Balaban J connectivity index is 2.90. The molecule has 0 atom stereocenters. The topological polar surface area (TPSA) is 46.5 Å². The number of hydrogen-bond acceptors (Lipinski definition) is 3. The molecule has 0 amide bonds. The third-order valence-electron chi connectivity index (χ3n) is 1.15. The Hall–Kier alpha value is -1.47. The predicted molar refractivity (Wildman–Crippen MR) is 35.0 cm³/mol. The molecule has 0 heterocycles. The molecule has 3 heteroatoms. The summed E-state index contributed by atoms with van der Waals surface area (Å²) in [6, 6.07) is 0. The van der Waals surface area contributed by atoms with Gasteiger partial charge in [-0.1, -0.05) is 12.2 Å². The van der Waals surface area contributed by atoms with Gasteiger partial charge in [0.05, 0.1) is 0 Å². The smallest absolute Gasteiger partial charge is 0.240 e. The van der Waals surface area contributed by atoms with Gasteiger partial charge in [-0.3, -0.25) is 4.79 Å². The van der Waals surface area contributed by atoms with Crippen molar-refractivity contribution in [1.29, 1.82) is 0 Å². The number of hydrogen-bond donors (Lipinski definition) is 0. The van der Waals surface area contributed by atoms with Crippen LogP contribution in [0.5, 0.6) is 0 Å². The highest BCUT2D eigenvalue weighted by Gasteiger charge is 2.07. The van der Waals surface area contributed by atoms with E-state index in [1.165, 1.54) is 12.2 Å². The first-order valence-corrected chi connectivity index (χ1v) is 2.82. The molecule has 0 saturated heterocycles. The van der Waals surface area contributed by atoms with Gasteiger partial charge in [-0.25, -0.2) is 4.79 Å². The molecule has 0 aromatic heterocycles. The molecule has 0 aromatic carbocycles. The average Bonchev–Trinajstić information content (AvgIpc) is 1.94. The summed E-state index contributed by atoms with van der Waals surface area (Å²) >= 11 is 0. The number of allylic oxidation sites excluding steroid dienone is 4. The van der Waals surface area contributed by atoms with Crippen LogP contribution in [0.1, 0.15) is 6.42 Å². The van der Waals surface area contributed by atoms with Gasteiger partial charge in [-0.2, -0.15) is 4.99 Å². The second kappa shape index (κ2) is 2.90. The fourth-order valence-electron chi connectivity index (χ4n) is 0.681. The Morgan fingerprint density at radius 3 is 3.00 bits per heavy atom. The van der Waals surface area contributed by atoms with Gasteiger partial charge in [0.1, 0.15) is 5.70 Å². The Labute approximate surface area is 57.8 Å². The summed E-state index contributed by atoms with van der Waals surface area (Å²) < 4.78 is 0. The van der Waals surface area contributed by atoms with Crippen LogP contribution in [0.3, 0.4) is 0 Å². The highest BCUT2D eigenvalue weighted by Crippen LogP contribution is 2.07. The summed E-state index contributed by atoms with van der Waals surface area (Å²) in [6.45, 7) is 0. The van der Waals surface area contributed by atoms with Crippen molar-refractivity contribution in [2.45, 2.75) is 6.42 Å². The molecule has 0 saturated carbocycles. The molecule has 0 radical (unpaired) electrons. The van der Waals surface area contributed by atoms with E-state index in [1.54, 1.807) is 12.2 Å². The molecule has 0 aliphatic heterocycles. The van der Waals surface area contributed by atoms with Crippen LogP contribution in [0.2, 0.25) is 0 Å². The van der Waals surface area contributed by atoms with Gasteiger partial charge in [0.2, 0.25) is 6.08 Å². The maximum absolute atomic E-state index is 10.8. The van der Waals surface area contributed by atoms with Gasteiger partial charge >= 0.3 is 0 Å². The summed E-state index contributed by atoms with van der Waals surface area (Å²) in [5.41, 5.74) is 0.192. The van der Waals surface area contributed by atoms with E-state index in [-0.39, 0.29) is 11.5 Å². The van der Waals surface area contributed by atoms with Crippen molar-refractivity contribution in [3.05, 3.63) is 23.9 Å². The monoisotopic (exact) mass is 135 g/mol. The van der Waals surface area contributed by atoms with Crippen molar-refractivity contribution in [2.24, 2.45) is 4.99 Å². The molecule has 50 valence electrons. The van der Waals surface area contributed by atoms with E-state index in [4.69, 9.17) is 0 Å². The van der Waals surface area contributed by atoms with E-state index in [2.05, 4.69) is 4.99 Å². The summed E-state index contributed by atoms with van der Waals surface area (Å²) in [6.07, 6.45) is 6.55. The zero-order valence-corrected chi connectivity index (χ0v) is 5.20. The van der Waals surface area contributed by atoms with Crippen LogP contribution in [0.4, 0.5) is 0 Å². The number of aliphatic imine (C=N–C) groups is 1. The fraction of sp³-hybridized carbons (Fsp3) is 0.143. The van der Waals surface area contributed by atoms with Crippen LogP contribution in [0.25, 0.3) is 0 Å². The normalized spacial score (nSPS) is 16.0. The van der Waals surface area contributed by atoms with Crippen molar-refractivity contribution < 1.29 is 9.59 Å². The standard InChI is InChI=1S/C7H5NO2/c9-5-8-6-3-1-2-4-7(6)10/h1-3H,4H2. The number of nitrogens with zero attached hydrogens (tertiary/aromatic N) is 1. The van der Waals surface area contributed by atoms with Gasteiger partial charge in [0.15, 0.2) is 5.78 Å². The zero-order valence-electron chi connectivity index (χ0n) is 5.20. The van der Waals surface area contributed by atoms with Crippen molar-refractivity contribution in [2.75, 3.05) is 0 Å². The molecule has 0 N–H and O–H groups in total. The number of rotatable bonds is 1. The SMILES string of the molecule is O=C=NC1=CC=CCC1=O. The highest BCUT2D eigenvalue weighted by atomic mass is 16.1. The van der Waals surface area contributed by atoms with Crippen molar-refractivity contribution in [3.8, 4) is 0 Å². The van der Waals surface area contributed by atoms with Gasteiger partial charge in [-0.15, -0.1) is 0 Å². The average molecular weight is 135 g/mol. The van der Waals surface area contributed by atoms with E-state index in [1.807, 2.05) is 0 Å². The van der Waals surface area contributed by atoms with E-state index < -0.39 is 0 Å². The van der Waals surface area contributed by atoms with Gasteiger partial charge in [-0.05, 0) is 6.08 Å². The molecule has 1 aliphatic carbocycles. The number of ketones is 1. The second-order valence-electron chi connectivity index (χ2n) is 1.81. The molecule has 1 aliphatic rings. The van der Waals surface area contributed by atoms with Crippen molar-refractivity contribution in [1.82, 2.24) is 0 Å². The molecule has 3 nitrogen and oxygen atoms in total. The lowest BCUT2D eigenvalue weighted by Crippen LogP contribution is -2.00. The fourth-order valence-corrected chi connectivity index (χ4v) is 0.681. The van der Waals surface area contributed by atoms with E-state index in [9.17, 15) is 9.59 Å². The quantitative estimate of drug-likeness (QED) is 0.393. The molecular weight excluding hydrogens is 130 g/mol. The highest BCUT2D eigenvalue weighted by molar-refractivity contribution is 5.97. The Bertz CT molecular complexity index is 257. The minimum atomic E-state index is -0.133. The molecule has 10 heavy (non-hydrogen) atoms. The largest absolute Gasteiger partial charge is 0.292 e. The lowest BCUT2D eigenvalue weighted by atomic mass is 10.1. The van der Waals surface area contributed by atoms with Crippen molar-refractivity contribution >= 4 is 11.9 Å². The maximum Gasteiger partial charge on any atom is 0.240 e. The summed E-state index contributed by atoms with van der Waals surface area (Å²) in [5, 5.41) is 0. The first kappa shape index (κ1) is 6.65. The number of carbonyl (C=O) groups is 1. The first-order chi connectivity index (χ1) is 4.84. The Morgan fingerprint density at radius 2 is 2.40 bits per heavy atom. The zero-order chi connectivity index (χ0) is 7.40. The van der Waals surface area contributed by atoms with Crippen LogP contribution in [-0.2, 0) is 9.59 Å². The van der Waals surface area contributed by atoms with Crippen LogP contribution in [0, 0.1) is 0 Å². The Morgan fingerprint density at radius 1 is 1.60 bits per heavy atom. The number of isocyanates is 1. The number of carbonyl (C=O) groups excluding carboxylic acids is 2. The van der Waals surface area contributed by atoms with Crippen molar-refractivity contribution in [3.63, 3.8) is 0 Å². The molecule has 0 bridgehead atoms. The van der Waals surface area contributed by atoms with Crippen LogP contribution in [0.15, 0.2) is 28.9 Å². The third-order valence-corrected chi connectivity index (χ3v) is 1.15. The first-order valence-electron chi connectivity index (χ1n) is 2.82. The van der Waals surface area contributed by atoms with E-state index >= 15 is 0 Å². The third kappa shape index (κ3) is 1.27. The predicted octanol–water partition coefficient (Wildman–Crippen LogP) is 0.735. The van der Waals surface area contributed by atoms with Gasteiger partial charge in [0.25, 0.3) is 0 Å². The van der Waals surface area contributed by atoms with Crippen LogP contribution < -0.4 is 0 Å². The van der Waals surface area contributed by atoms with Gasteiger partial charge in [0, 0.05) is 6.42 Å². The van der Waals surface area contributed by atoms with E-state index in [0.717, 1.165) is 0 Å². The molecule has 0 fully saturated rings. The molecule has 0 unspecified atom stereocenters. The molecular formula is C7H5NO2. The Kier molecular flexibility index (Phi) is 1.92. The summed E-state index contributed by atoms with van der Waals surface area (Å²) in [7, 11) is 0. The number of Topliss-reactive ketones (excluding diaryl/α,β-unsaturated/α-hetero) is 1. The van der Waals surface area contributed by atoms with E-state index in [0.29, 0.717) is 6.42 Å². The van der Waals surface area contributed by atoms with Crippen LogP contribution >= 0.6 is 0 Å². The lowest BCUT2D eigenvalue weighted by molar-refractivity contribution is -0.114. The summed E-state index contributed by atoms with van der Waals surface area (Å²) in [4.78, 5) is 23.7.